The van der Waals surface area contributed by atoms with E-state index < -0.39 is 31.5 Å². The van der Waals surface area contributed by atoms with Gasteiger partial charge >= 0.3 is 0 Å². The first kappa shape index (κ1) is 34.0. The van der Waals surface area contributed by atoms with Gasteiger partial charge in [0.15, 0.2) is 13.9 Å². The summed E-state index contributed by atoms with van der Waals surface area (Å²) in [6.45, 7) is 9.89. The lowest BCUT2D eigenvalue weighted by Gasteiger charge is -2.37. The minimum absolute atomic E-state index is 0.0501. The molecule has 0 saturated carbocycles. The number of nitrogens with zero attached hydrogens (tertiary/aromatic N) is 4. The van der Waals surface area contributed by atoms with E-state index in [0.717, 1.165) is 22.4 Å². The molecule has 5 atom stereocenters. The highest BCUT2D eigenvalue weighted by Gasteiger charge is 2.66. The fraction of sp³-hybridized carbons (Fsp3) is 0.385. The molecule has 260 valence electrons. The predicted octanol–water partition coefficient (Wildman–Crippen LogP) is 4.88. The summed E-state index contributed by atoms with van der Waals surface area (Å²) < 4.78 is 6.94. The van der Waals surface area contributed by atoms with Crippen molar-refractivity contribution in [1.29, 1.82) is 0 Å². The van der Waals surface area contributed by atoms with Gasteiger partial charge in [0.2, 0.25) is 11.8 Å². The van der Waals surface area contributed by atoms with Gasteiger partial charge in [-0.25, -0.2) is 5.01 Å². The summed E-state index contributed by atoms with van der Waals surface area (Å²) in [5.74, 6) is -1.13. The van der Waals surface area contributed by atoms with E-state index in [4.69, 9.17) is 9.84 Å². The Labute approximate surface area is 293 Å². The van der Waals surface area contributed by atoms with Crippen molar-refractivity contribution in [3.63, 3.8) is 0 Å². The third-order valence-corrected chi connectivity index (χ3v) is 13.4. The average Bonchev–Trinajstić information content (AvgIpc) is 3.54. The molecule has 2 N–H and O–H groups in total. The van der Waals surface area contributed by atoms with Crippen molar-refractivity contribution in [3.05, 3.63) is 108 Å². The van der Waals surface area contributed by atoms with E-state index in [1.807, 2.05) is 86.7 Å². The molecule has 4 aliphatic heterocycles. The maximum atomic E-state index is 14.7. The van der Waals surface area contributed by atoms with Crippen LogP contribution in [-0.2, 0) is 37.7 Å². The summed E-state index contributed by atoms with van der Waals surface area (Å²) >= 11 is 0. The van der Waals surface area contributed by atoms with Gasteiger partial charge in [-0.05, 0) is 54.4 Å². The monoisotopic (exact) mass is 692 g/mol. The molecule has 3 amide bonds. The van der Waals surface area contributed by atoms with Gasteiger partial charge in [-0.3, -0.25) is 14.4 Å². The minimum Gasteiger partial charge on any atom is -0.432 e. The summed E-state index contributed by atoms with van der Waals surface area (Å²) in [5.41, 5.74) is 3.64. The number of amides is 3. The van der Waals surface area contributed by atoms with Gasteiger partial charge in [0.05, 0.1) is 42.3 Å². The van der Waals surface area contributed by atoms with Crippen LogP contribution in [-0.4, -0.2) is 71.9 Å². The molecule has 50 heavy (non-hydrogen) atoms. The number of carbonyl (C=O) groups is 3. The molecular weight excluding hydrogens is 649 g/mol. The quantitative estimate of drug-likeness (QED) is 0.256. The maximum absolute atomic E-state index is 14.7. The minimum atomic E-state index is -3.06. The van der Waals surface area contributed by atoms with Crippen LogP contribution in [0.4, 0.5) is 11.4 Å². The van der Waals surface area contributed by atoms with E-state index >= 15 is 0 Å². The molecule has 1 fully saturated rings. The first-order chi connectivity index (χ1) is 24.0. The molecule has 7 rings (SSSR count). The lowest BCUT2D eigenvalue weighted by Crippen LogP contribution is -2.48. The van der Waals surface area contributed by atoms with Crippen molar-refractivity contribution in [2.75, 3.05) is 23.1 Å². The maximum Gasteiger partial charge on any atom is 0.264 e. The standard InChI is InChI=1S/C39H44N4O6Si/c1-5-19-41-33-17-15-29(43-35(45)18-16-32(40-43)26-11-7-6-8-12-26)21-31(33)39(38(41)47)25(2)37(50(3,4)48)34(49-39)22-36(46)42-23-28-14-10-9-13-27(28)20-30(42)24-44/h5-15,17,21,25,30,34,37,44,48H,1,16,18-20,22-24H2,2-4H3/t25-,30+,34+,37-,39+/m1/s1. The number of ether oxygens (including phenoxy) is 1. The zero-order chi connectivity index (χ0) is 35.4. The third-order valence-electron chi connectivity index (χ3n) is 10.9. The number of hydrogen-bond donors (Lipinski definition) is 2. The number of anilines is 2. The molecule has 4 heterocycles. The number of aliphatic hydroxyl groups is 1. The molecular formula is C39H44N4O6Si. The molecule has 0 bridgehead atoms. The summed E-state index contributed by atoms with van der Waals surface area (Å²) in [5, 5.41) is 16.5. The second kappa shape index (κ2) is 13.0. The molecule has 0 aromatic heterocycles. The Balaban J connectivity index is 1.27. The SMILES string of the molecule is C=CCN1C(=O)[C@@]2(O[C@@H](CC(=O)N3Cc4ccccc4C[C@H]3CO)[C@H]([Si](C)(C)O)[C@H]2C)c2cc(N3N=C(c4ccccc4)CCC3=O)ccc21. The molecule has 3 aromatic carbocycles. The van der Waals surface area contributed by atoms with E-state index in [1.165, 1.54) is 5.01 Å². The van der Waals surface area contributed by atoms with E-state index in [-0.39, 0.29) is 49.8 Å². The first-order valence-corrected chi connectivity index (χ1v) is 20.4. The van der Waals surface area contributed by atoms with E-state index in [0.29, 0.717) is 36.3 Å². The number of benzene rings is 3. The van der Waals surface area contributed by atoms with Crippen LogP contribution in [0.15, 0.2) is 90.6 Å². The van der Waals surface area contributed by atoms with Crippen molar-refractivity contribution in [1.82, 2.24) is 4.90 Å². The Morgan fingerprint density at radius 3 is 2.48 bits per heavy atom. The van der Waals surface area contributed by atoms with Crippen LogP contribution in [0.2, 0.25) is 18.6 Å². The fourth-order valence-electron chi connectivity index (χ4n) is 8.63. The Morgan fingerprint density at radius 2 is 1.78 bits per heavy atom. The summed E-state index contributed by atoms with van der Waals surface area (Å²) in [7, 11) is -3.06. The normalized spacial score (nSPS) is 26.3. The zero-order valence-electron chi connectivity index (χ0n) is 28.8. The summed E-state index contributed by atoms with van der Waals surface area (Å²) in [6, 6.07) is 22.7. The molecule has 4 aliphatic rings. The first-order valence-electron chi connectivity index (χ1n) is 17.4. The van der Waals surface area contributed by atoms with Crippen LogP contribution in [0.25, 0.3) is 0 Å². The van der Waals surface area contributed by atoms with Crippen LogP contribution < -0.4 is 9.91 Å². The number of aliphatic hydroxyl groups excluding tert-OH is 1. The number of hydrazone groups is 1. The molecule has 1 spiro atoms. The van der Waals surface area contributed by atoms with E-state index in [1.54, 1.807) is 21.9 Å². The lowest BCUT2D eigenvalue weighted by molar-refractivity contribution is -0.150. The number of hydrogen-bond acceptors (Lipinski definition) is 7. The number of fused-ring (bicyclic) bond motifs is 3. The lowest BCUT2D eigenvalue weighted by atomic mass is 9.82. The van der Waals surface area contributed by atoms with Crippen molar-refractivity contribution < 1.29 is 29.0 Å². The molecule has 3 aromatic rings. The zero-order valence-corrected chi connectivity index (χ0v) is 29.8. The fourth-order valence-corrected chi connectivity index (χ4v) is 11.2. The van der Waals surface area contributed by atoms with E-state index in [2.05, 4.69) is 6.58 Å². The topological polar surface area (TPSA) is 123 Å². The van der Waals surface area contributed by atoms with Crippen LogP contribution >= 0.6 is 0 Å². The molecule has 0 aliphatic carbocycles. The predicted molar refractivity (Wildman–Crippen MR) is 194 cm³/mol. The Morgan fingerprint density at radius 1 is 1.06 bits per heavy atom. The van der Waals surface area contributed by atoms with Crippen LogP contribution in [0, 0.1) is 5.92 Å². The van der Waals surface area contributed by atoms with Gasteiger partial charge in [-0.15, -0.1) is 6.58 Å². The van der Waals surface area contributed by atoms with Crippen molar-refractivity contribution in [2.45, 2.75) is 75.5 Å². The van der Waals surface area contributed by atoms with Crippen LogP contribution in [0.3, 0.4) is 0 Å². The van der Waals surface area contributed by atoms with Gasteiger partial charge < -0.3 is 24.4 Å². The number of carbonyl (C=O) groups excluding carboxylic acids is 3. The third kappa shape index (κ3) is 5.62. The summed E-state index contributed by atoms with van der Waals surface area (Å²) in [6.07, 6.45) is 2.20. The smallest absolute Gasteiger partial charge is 0.264 e. The number of rotatable bonds is 8. The highest BCUT2D eigenvalue weighted by Crippen LogP contribution is 2.60. The Hall–Kier alpha value is -4.42. The van der Waals surface area contributed by atoms with Gasteiger partial charge in [-0.1, -0.05) is 67.6 Å². The van der Waals surface area contributed by atoms with Crippen molar-refractivity contribution >= 4 is 43.1 Å². The Kier molecular flexibility index (Phi) is 8.88. The van der Waals surface area contributed by atoms with Gasteiger partial charge in [0.25, 0.3) is 5.91 Å². The van der Waals surface area contributed by atoms with Crippen molar-refractivity contribution in [3.8, 4) is 0 Å². The van der Waals surface area contributed by atoms with Crippen LogP contribution in [0.1, 0.15) is 48.4 Å². The Bertz CT molecular complexity index is 1880. The molecule has 1 saturated heterocycles. The molecule has 10 nitrogen and oxygen atoms in total. The van der Waals surface area contributed by atoms with E-state index in [9.17, 15) is 24.3 Å². The van der Waals surface area contributed by atoms with Crippen molar-refractivity contribution in [2.24, 2.45) is 11.0 Å². The van der Waals surface area contributed by atoms with Crippen LogP contribution in [0.5, 0.6) is 0 Å². The molecule has 0 radical (unpaired) electrons. The molecule has 11 heteroatoms. The highest BCUT2D eigenvalue weighted by atomic mass is 28.4. The largest absolute Gasteiger partial charge is 0.432 e. The summed E-state index contributed by atoms with van der Waals surface area (Å²) in [4.78, 5) is 57.3. The average molecular weight is 693 g/mol. The van der Waals surface area contributed by atoms with Gasteiger partial charge in [-0.2, -0.15) is 5.10 Å². The second-order valence-electron chi connectivity index (χ2n) is 14.4. The van der Waals surface area contributed by atoms with Gasteiger partial charge in [0.1, 0.15) is 0 Å². The highest BCUT2D eigenvalue weighted by molar-refractivity contribution is 6.71. The van der Waals surface area contributed by atoms with Gasteiger partial charge in [0, 0.05) is 43.0 Å². The second-order valence-corrected chi connectivity index (χ2v) is 18.4. The molecule has 0 unspecified atom stereocenters.